The highest BCUT2D eigenvalue weighted by Crippen LogP contribution is 2.31. The quantitative estimate of drug-likeness (QED) is 0.643. The van der Waals surface area contributed by atoms with Crippen molar-refractivity contribution in [2.75, 3.05) is 13.2 Å². The average molecular weight is 365 g/mol. The van der Waals surface area contributed by atoms with Crippen LogP contribution < -0.4 is 10.1 Å². The molecular weight excluding hydrogens is 351 g/mol. The molecule has 0 atom stereocenters. The molecular formula is C18H14F3NO2S. The first-order valence-electron chi connectivity index (χ1n) is 7.20. The van der Waals surface area contributed by atoms with E-state index in [2.05, 4.69) is 17.2 Å². The fourth-order valence-corrected chi connectivity index (χ4v) is 2.35. The number of hydrogen-bond donors (Lipinski definition) is 1. The van der Waals surface area contributed by atoms with Gasteiger partial charge in [0.2, 0.25) is 5.91 Å². The molecule has 0 bridgehead atoms. The predicted octanol–water partition coefficient (Wildman–Crippen LogP) is 3.98. The van der Waals surface area contributed by atoms with Gasteiger partial charge in [-0.3, -0.25) is 4.79 Å². The van der Waals surface area contributed by atoms with E-state index in [1.54, 1.807) is 6.08 Å². The highest BCUT2D eigenvalue weighted by atomic mass is 32.1. The van der Waals surface area contributed by atoms with Gasteiger partial charge in [-0.05, 0) is 35.7 Å². The van der Waals surface area contributed by atoms with Gasteiger partial charge in [-0.2, -0.15) is 13.2 Å². The van der Waals surface area contributed by atoms with Crippen LogP contribution in [0.2, 0.25) is 0 Å². The maximum atomic E-state index is 12.6. The summed E-state index contributed by atoms with van der Waals surface area (Å²) in [6.45, 7) is 0.0573. The summed E-state index contributed by atoms with van der Waals surface area (Å²) < 4.78 is 42.8. The van der Waals surface area contributed by atoms with Crippen molar-refractivity contribution in [2.45, 2.75) is 6.18 Å². The van der Waals surface area contributed by atoms with Gasteiger partial charge in [-0.15, -0.1) is 11.3 Å². The van der Waals surface area contributed by atoms with Crippen molar-refractivity contribution >= 4 is 23.3 Å². The molecule has 0 spiro atoms. The van der Waals surface area contributed by atoms with Gasteiger partial charge in [0.15, 0.2) is 0 Å². The molecule has 0 unspecified atom stereocenters. The number of amides is 1. The van der Waals surface area contributed by atoms with E-state index in [1.807, 2.05) is 17.5 Å². The van der Waals surface area contributed by atoms with Crippen molar-refractivity contribution in [3.05, 3.63) is 58.3 Å². The molecule has 1 amide bonds. The second-order valence-corrected chi connectivity index (χ2v) is 5.71. The smallest absolute Gasteiger partial charge is 0.416 e. The van der Waals surface area contributed by atoms with E-state index in [-0.39, 0.29) is 24.8 Å². The zero-order valence-corrected chi connectivity index (χ0v) is 13.8. The van der Waals surface area contributed by atoms with Crippen molar-refractivity contribution in [1.82, 2.24) is 5.32 Å². The van der Waals surface area contributed by atoms with E-state index >= 15 is 0 Å². The molecule has 1 N–H and O–H groups in total. The number of benzene rings is 1. The van der Waals surface area contributed by atoms with Crippen LogP contribution in [0.4, 0.5) is 13.2 Å². The van der Waals surface area contributed by atoms with Crippen LogP contribution >= 0.6 is 11.3 Å². The molecule has 0 aliphatic carbocycles. The number of carbonyl (C=O) groups is 1. The molecule has 25 heavy (non-hydrogen) atoms. The van der Waals surface area contributed by atoms with Gasteiger partial charge in [0.1, 0.15) is 12.4 Å². The summed E-state index contributed by atoms with van der Waals surface area (Å²) in [6, 6.07) is 8.36. The Morgan fingerprint density at radius 3 is 2.80 bits per heavy atom. The van der Waals surface area contributed by atoms with Gasteiger partial charge in [0.25, 0.3) is 0 Å². The van der Waals surface area contributed by atoms with Crippen molar-refractivity contribution in [1.29, 1.82) is 0 Å². The van der Waals surface area contributed by atoms with Crippen LogP contribution in [-0.4, -0.2) is 19.1 Å². The Labute approximate surface area is 147 Å². The summed E-state index contributed by atoms with van der Waals surface area (Å²) in [7, 11) is 0. The minimum Gasteiger partial charge on any atom is -0.481 e. The minimum atomic E-state index is -4.41. The van der Waals surface area contributed by atoms with Crippen LogP contribution in [-0.2, 0) is 11.0 Å². The molecule has 7 heteroatoms. The molecule has 0 saturated carbocycles. The maximum Gasteiger partial charge on any atom is 0.416 e. The number of thiophene rings is 1. The molecule has 2 rings (SSSR count). The van der Waals surface area contributed by atoms with E-state index in [1.165, 1.54) is 29.5 Å². The number of rotatable bonds is 5. The molecule has 130 valence electrons. The zero-order valence-electron chi connectivity index (χ0n) is 13.0. The maximum absolute atomic E-state index is 12.6. The van der Waals surface area contributed by atoms with Gasteiger partial charge >= 0.3 is 6.18 Å². The van der Waals surface area contributed by atoms with Crippen LogP contribution in [0.25, 0.3) is 6.08 Å². The fourth-order valence-electron chi connectivity index (χ4n) is 1.73. The summed E-state index contributed by atoms with van der Waals surface area (Å²) in [5, 5.41) is 4.48. The number of alkyl halides is 3. The average Bonchev–Trinajstić information content (AvgIpc) is 3.09. The lowest BCUT2D eigenvalue weighted by Crippen LogP contribution is -2.21. The van der Waals surface area contributed by atoms with E-state index in [0.717, 1.165) is 17.0 Å². The number of nitrogens with one attached hydrogen (secondary N) is 1. The van der Waals surface area contributed by atoms with Gasteiger partial charge < -0.3 is 10.1 Å². The predicted molar refractivity (Wildman–Crippen MR) is 91.1 cm³/mol. The Kier molecular flexibility index (Phi) is 6.66. The van der Waals surface area contributed by atoms with Crippen LogP contribution in [0.1, 0.15) is 10.4 Å². The normalized spacial score (nSPS) is 11.0. The van der Waals surface area contributed by atoms with Crippen molar-refractivity contribution in [2.24, 2.45) is 0 Å². The first-order valence-corrected chi connectivity index (χ1v) is 8.08. The van der Waals surface area contributed by atoms with Crippen molar-refractivity contribution in [3.63, 3.8) is 0 Å². The van der Waals surface area contributed by atoms with Gasteiger partial charge in [0.05, 0.1) is 12.1 Å². The Hall–Kier alpha value is -2.72. The largest absolute Gasteiger partial charge is 0.481 e. The molecule has 0 aliphatic heterocycles. The van der Waals surface area contributed by atoms with E-state index < -0.39 is 11.7 Å². The Bertz CT molecular complexity index is 787. The van der Waals surface area contributed by atoms with Crippen LogP contribution in [0.3, 0.4) is 0 Å². The summed E-state index contributed by atoms with van der Waals surface area (Å²) in [6.07, 6.45) is -1.30. The summed E-state index contributed by atoms with van der Waals surface area (Å²) in [5.74, 6) is 5.10. The summed E-state index contributed by atoms with van der Waals surface area (Å²) >= 11 is 1.52. The van der Waals surface area contributed by atoms with E-state index in [4.69, 9.17) is 4.74 Å². The number of ether oxygens (including phenoxy) is 1. The molecule has 0 fully saturated rings. The second kappa shape index (κ2) is 8.94. The van der Waals surface area contributed by atoms with Crippen molar-refractivity contribution in [3.8, 4) is 17.6 Å². The first-order chi connectivity index (χ1) is 11.9. The first kappa shape index (κ1) is 18.6. The fraction of sp³-hybridized carbons (Fsp3) is 0.167. The molecule has 0 radical (unpaired) electrons. The lowest BCUT2D eigenvalue weighted by atomic mass is 10.2. The molecule has 0 saturated heterocycles. The van der Waals surface area contributed by atoms with Crippen LogP contribution in [0.5, 0.6) is 5.75 Å². The van der Waals surface area contributed by atoms with E-state index in [9.17, 15) is 18.0 Å². The highest BCUT2D eigenvalue weighted by molar-refractivity contribution is 7.10. The molecule has 1 heterocycles. The minimum absolute atomic E-state index is 0.0672. The lowest BCUT2D eigenvalue weighted by Gasteiger charge is -2.08. The summed E-state index contributed by atoms with van der Waals surface area (Å²) in [4.78, 5) is 12.5. The third-order valence-corrected chi connectivity index (χ3v) is 3.73. The topological polar surface area (TPSA) is 38.3 Å². The van der Waals surface area contributed by atoms with Crippen LogP contribution in [0, 0.1) is 11.8 Å². The van der Waals surface area contributed by atoms with E-state index in [0.29, 0.717) is 0 Å². The SMILES string of the molecule is O=C(/C=C/c1cccs1)NCC#CCOc1cccc(C(F)(F)F)c1. The van der Waals surface area contributed by atoms with Crippen LogP contribution in [0.15, 0.2) is 47.9 Å². The Balaban J connectivity index is 1.72. The second-order valence-electron chi connectivity index (χ2n) is 4.73. The molecule has 1 aromatic carbocycles. The zero-order chi connectivity index (χ0) is 18.1. The van der Waals surface area contributed by atoms with Gasteiger partial charge in [0, 0.05) is 11.0 Å². The lowest BCUT2D eigenvalue weighted by molar-refractivity contribution is -0.137. The Morgan fingerprint density at radius 2 is 2.08 bits per heavy atom. The summed E-state index contributed by atoms with van der Waals surface area (Å²) in [5.41, 5.74) is -0.775. The molecule has 2 aromatic rings. The highest BCUT2D eigenvalue weighted by Gasteiger charge is 2.30. The molecule has 1 aromatic heterocycles. The number of halogens is 3. The van der Waals surface area contributed by atoms with Gasteiger partial charge in [-0.1, -0.05) is 24.0 Å². The van der Waals surface area contributed by atoms with Crippen molar-refractivity contribution < 1.29 is 22.7 Å². The third kappa shape index (κ3) is 6.73. The molecule has 0 aliphatic rings. The van der Waals surface area contributed by atoms with Gasteiger partial charge in [-0.25, -0.2) is 0 Å². The number of carbonyl (C=O) groups excluding carboxylic acids is 1. The molecule has 3 nitrogen and oxygen atoms in total. The Morgan fingerprint density at radius 1 is 1.24 bits per heavy atom. The monoisotopic (exact) mass is 365 g/mol. The standard InChI is InChI=1S/C18H14F3NO2S/c19-18(20,21)14-5-3-6-15(13-14)24-11-2-1-10-22-17(23)9-8-16-7-4-12-25-16/h3-9,12-13H,10-11H2,(H,22,23)/b9-8+. The number of hydrogen-bond acceptors (Lipinski definition) is 3. The third-order valence-electron chi connectivity index (χ3n) is 2.89.